The molecule has 0 aromatic heterocycles. The summed E-state index contributed by atoms with van der Waals surface area (Å²) >= 11 is 0. The molecule has 29 heavy (non-hydrogen) atoms. The molecule has 2 aromatic carbocycles. The average molecular weight is 397 g/mol. The number of ether oxygens (including phenoxy) is 1. The van der Waals surface area contributed by atoms with Gasteiger partial charge in [0.2, 0.25) is 11.8 Å². The standard InChI is InChI=1S/C22H27N3O4/c1-24(12-13-26)21(27)15-20-22(28)23-10-11-25(20)16-17-6-5-9-19(14-17)29-18-7-3-2-4-8-18/h2-9,14,20,26H,10-13,15-16H2,1H3,(H,23,28). The van der Waals surface area contributed by atoms with Crippen LogP contribution in [0, 0.1) is 0 Å². The number of amides is 2. The second-order valence-electron chi connectivity index (χ2n) is 7.08. The number of rotatable bonds is 8. The maximum atomic E-state index is 12.4. The van der Waals surface area contributed by atoms with Crippen LogP contribution >= 0.6 is 0 Å². The first-order chi connectivity index (χ1) is 14.1. The number of aliphatic hydroxyl groups excluding tert-OH is 1. The number of likely N-dealkylation sites (N-methyl/N-ethyl adjacent to an activating group) is 1. The van der Waals surface area contributed by atoms with Crippen LogP contribution in [0.25, 0.3) is 0 Å². The number of carbonyl (C=O) groups is 2. The molecule has 0 bridgehead atoms. The molecule has 7 nitrogen and oxygen atoms in total. The second kappa shape index (κ2) is 10.0. The number of carbonyl (C=O) groups excluding carboxylic acids is 2. The molecule has 1 aliphatic rings. The Morgan fingerprint density at radius 1 is 1.21 bits per heavy atom. The maximum absolute atomic E-state index is 12.4. The van der Waals surface area contributed by atoms with Crippen molar-refractivity contribution in [1.82, 2.24) is 15.1 Å². The predicted octanol–water partition coefficient (Wildman–Crippen LogP) is 1.62. The molecule has 0 radical (unpaired) electrons. The number of hydrogen-bond acceptors (Lipinski definition) is 5. The van der Waals surface area contributed by atoms with Crippen molar-refractivity contribution in [2.75, 3.05) is 33.3 Å². The van der Waals surface area contributed by atoms with Crippen molar-refractivity contribution >= 4 is 11.8 Å². The zero-order valence-electron chi connectivity index (χ0n) is 16.6. The molecule has 0 saturated carbocycles. The van der Waals surface area contributed by atoms with Crippen molar-refractivity contribution in [2.45, 2.75) is 19.0 Å². The van der Waals surface area contributed by atoms with Gasteiger partial charge in [-0.2, -0.15) is 0 Å². The summed E-state index contributed by atoms with van der Waals surface area (Å²) in [6, 6.07) is 16.8. The van der Waals surface area contributed by atoms with E-state index in [9.17, 15) is 9.59 Å². The SMILES string of the molecule is CN(CCO)C(=O)CC1C(=O)NCCN1Cc1cccc(Oc2ccccc2)c1. The number of nitrogens with zero attached hydrogens (tertiary/aromatic N) is 2. The highest BCUT2D eigenvalue weighted by atomic mass is 16.5. The number of nitrogens with one attached hydrogen (secondary N) is 1. The normalized spacial score (nSPS) is 16.9. The van der Waals surface area contributed by atoms with Gasteiger partial charge in [-0.3, -0.25) is 14.5 Å². The van der Waals surface area contributed by atoms with Crippen LogP contribution < -0.4 is 10.1 Å². The number of benzene rings is 2. The van der Waals surface area contributed by atoms with Gasteiger partial charge in [0.15, 0.2) is 0 Å². The molecule has 1 saturated heterocycles. The zero-order valence-corrected chi connectivity index (χ0v) is 16.6. The smallest absolute Gasteiger partial charge is 0.237 e. The Kier molecular flexibility index (Phi) is 7.21. The Morgan fingerprint density at radius 2 is 1.97 bits per heavy atom. The van der Waals surface area contributed by atoms with Gasteiger partial charge in [-0.25, -0.2) is 0 Å². The van der Waals surface area contributed by atoms with Gasteiger partial charge < -0.3 is 20.1 Å². The third-order valence-electron chi connectivity index (χ3n) is 4.93. The van der Waals surface area contributed by atoms with Crippen molar-refractivity contribution in [2.24, 2.45) is 0 Å². The van der Waals surface area contributed by atoms with E-state index in [2.05, 4.69) is 5.32 Å². The fourth-order valence-electron chi connectivity index (χ4n) is 3.34. The first kappa shape index (κ1) is 20.8. The Bertz CT molecular complexity index is 828. The molecule has 1 heterocycles. The van der Waals surface area contributed by atoms with Crippen LogP contribution in [0.15, 0.2) is 54.6 Å². The number of hydrogen-bond donors (Lipinski definition) is 2. The Labute approximate surface area is 170 Å². The van der Waals surface area contributed by atoms with Crippen molar-refractivity contribution in [3.05, 3.63) is 60.2 Å². The van der Waals surface area contributed by atoms with Crippen LogP contribution in [0.1, 0.15) is 12.0 Å². The van der Waals surface area contributed by atoms with Crippen LogP contribution in [-0.4, -0.2) is 66.1 Å². The summed E-state index contributed by atoms with van der Waals surface area (Å²) in [6.45, 7) is 1.91. The molecule has 154 valence electrons. The van der Waals surface area contributed by atoms with E-state index in [1.165, 1.54) is 4.90 Å². The van der Waals surface area contributed by atoms with E-state index in [-0.39, 0.29) is 31.4 Å². The lowest BCUT2D eigenvalue weighted by atomic mass is 10.1. The van der Waals surface area contributed by atoms with Crippen molar-refractivity contribution in [1.29, 1.82) is 0 Å². The molecule has 2 amide bonds. The monoisotopic (exact) mass is 397 g/mol. The molecular formula is C22H27N3O4. The minimum Gasteiger partial charge on any atom is -0.457 e. The first-order valence-electron chi connectivity index (χ1n) is 9.75. The molecule has 2 N–H and O–H groups in total. The molecule has 7 heteroatoms. The van der Waals surface area contributed by atoms with E-state index in [0.717, 1.165) is 17.1 Å². The highest BCUT2D eigenvalue weighted by Gasteiger charge is 2.32. The lowest BCUT2D eigenvalue weighted by Gasteiger charge is -2.35. The first-order valence-corrected chi connectivity index (χ1v) is 9.75. The lowest BCUT2D eigenvalue weighted by Crippen LogP contribution is -2.56. The Balaban J connectivity index is 1.69. The van der Waals surface area contributed by atoms with Crippen LogP contribution in [0.4, 0.5) is 0 Å². The lowest BCUT2D eigenvalue weighted by molar-refractivity contribution is -0.138. The summed E-state index contributed by atoms with van der Waals surface area (Å²) in [6.07, 6.45) is 0.0859. The number of piperazine rings is 1. The largest absolute Gasteiger partial charge is 0.457 e. The Morgan fingerprint density at radius 3 is 2.72 bits per heavy atom. The molecule has 3 rings (SSSR count). The molecule has 0 spiro atoms. The van der Waals surface area contributed by atoms with Gasteiger partial charge in [0.05, 0.1) is 19.1 Å². The molecule has 1 atom stereocenters. The molecule has 0 aliphatic carbocycles. The molecular weight excluding hydrogens is 370 g/mol. The van der Waals surface area contributed by atoms with Gasteiger partial charge in [0, 0.05) is 33.2 Å². The fraction of sp³-hybridized carbons (Fsp3) is 0.364. The van der Waals surface area contributed by atoms with Gasteiger partial charge >= 0.3 is 0 Å². The summed E-state index contributed by atoms with van der Waals surface area (Å²) in [7, 11) is 1.63. The maximum Gasteiger partial charge on any atom is 0.237 e. The van der Waals surface area contributed by atoms with E-state index in [1.807, 2.05) is 59.5 Å². The van der Waals surface area contributed by atoms with Crippen LogP contribution in [0.2, 0.25) is 0 Å². The second-order valence-corrected chi connectivity index (χ2v) is 7.08. The number of aliphatic hydroxyl groups is 1. The van der Waals surface area contributed by atoms with Crippen molar-refractivity contribution in [3.63, 3.8) is 0 Å². The summed E-state index contributed by atoms with van der Waals surface area (Å²) in [5.74, 6) is 1.19. The van der Waals surface area contributed by atoms with Crippen LogP contribution in [-0.2, 0) is 16.1 Å². The van der Waals surface area contributed by atoms with E-state index in [4.69, 9.17) is 9.84 Å². The summed E-state index contributed by atoms with van der Waals surface area (Å²) in [4.78, 5) is 28.3. The fourth-order valence-corrected chi connectivity index (χ4v) is 3.34. The highest BCUT2D eigenvalue weighted by Crippen LogP contribution is 2.23. The molecule has 1 aliphatic heterocycles. The van der Waals surface area contributed by atoms with E-state index in [1.54, 1.807) is 7.05 Å². The van der Waals surface area contributed by atoms with Gasteiger partial charge in [0.1, 0.15) is 11.5 Å². The minimum absolute atomic E-state index is 0.0859. The quantitative estimate of drug-likeness (QED) is 0.707. The topological polar surface area (TPSA) is 82.1 Å². The predicted molar refractivity (Wildman–Crippen MR) is 110 cm³/mol. The van der Waals surface area contributed by atoms with Crippen LogP contribution in [0.5, 0.6) is 11.5 Å². The van der Waals surface area contributed by atoms with Gasteiger partial charge in [-0.15, -0.1) is 0 Å². The van der Waals surface area contributed by atoms with Crippen molar-refractivity contribution in [3.8, 4) is 11.5 Å². The number of para-hydroxylation sites is 1. The molecule has 1 unspecified atom stereocenters. The van der Waals surface area contributed by atoms with E-state index < -0.39 is 6.04 Å². The van der Waals surface area contributed by atoms with Gasteiger partial charge in [-0.05, 0) is 29.8 Å². The molecule has 2 aromatic rings. The Hall–Kier alpha value is -2.90. The van der Waals surface area contributed by atoms with Gasteiger partial charge in [-0.1, -0.05) is 30.3 Å². The van der Waals surface area contributed by atoms with Crippen molar-refractivity contribution < 1.29 is 19.4 Å². The summed E-state index contributed by atoms with van der Waals surface area (Å²) in [5.41, 5.74) is 1.01. The van der Waals surface area contributed by atoms with E-state index in [0.29, 0.717) is 19.6 Å². The van der Waals surface area contributed by atoms with Gasteiger partial charge in [0.25, 0.3) is 0 Å². The minimum atomic E-state index is -0.531. The third-order valence-corrected chi connectivity index (χ3v) is 4.93. The summed E-state index contributed by atoms with van der Waals surface area (Å²) < 4.78 is 5.90. The third kappa shape index (κ3) is 5.79. The highest BCUT2D eigenvalue weighted by molar-refractivity contribution is 5.88. The van der Waals surface area contributed by atoms with E-state index >= 15 is 0 Å². The zero-order chi connectivity index (χ0) is 20.6. The average Bonchev–Trinajstić information content (AvgIpc) is 2.72. The summed E-state index contributed by atoms with van der Waals surface area (Å²) in [5, 5.41) is 11.9. The van der Waals surface area contributed by atoms with Crippen LogP contribution in [0.3, 0.4) is 0 Å². The molecule has 1 fully saturated rings.